The molecule has 0 bridgehead atoms. The summed E-state index contributed by atoms with van der Waals surface area (Å²) in [5.41, 5.74) is 1.36. The third-order valence-electron chi connectivity index (χ3n) is 5.20. The van der Waals surface area contributed by atoms with Crippen LogP contribution in [0.5, 0.6) is 11.5 Å². The van der Waals surface area contributed by atoms with Gasteiger partial charge >= 0.3 is 0 Å². The molecule has 0 saturated carbocycles. The highest BCUT2D eigenvalue weighted by atomic mass is 127. The van der Waals surface area contributed by atoms with Crippen molar-refractivity contribution in [1.29, 1.82) is 0 Å². The number of ether oxygens (including phenoxy) is 2. The molecular formula is C26H19ClFIN2O5S. The number of carbonyl (C=O) groups excluding carboxylic acids is 3. The van der Waals surface area contributed by atoms with Crippen molar-refractivity contribution >= 4 is 74.8 Å². The zero-order chi connectivity index (χ0) is 26.5. The number of anilines is 1. The molecule has 3 aromatic carbocycles. The first-order chi connectivity index (χ1) is 17.8. The Morgan fingerprint density at radius 3 is 2.62 bits per heavy atom. The van der Waals surface area contributed by atoms with E-state index in [-0.39, 0.29) is 22.1 Å². The first-order valence-corrected chi connectivity index (χ1v) is 13.1. The van der Waals surface area contributed by atoms with Gasteiger partial charge in [-0.05, 0) is 82.4 Å². The summed E-state index contributed by atoms with van der Waals surface area (Å²) in [6.07, 6.45) is 1.54. The Bertz CT molecular complexity index is 1380. The van der Waals surface area contributed by atoms with E-state index in [1.165, 1.54) is 19.2 Å². The highest BCUT2D eigenvalue weighted by Gasteiger charge is 2.36. The Hall–Kier alpha value is -3.09. The number of imide groups is 1. The first-order valence-electron chi connectivity index (χ1n) is 10.8. The maximum absolute atomic E-state index is 14.1. The number of nitrogens with one attached hydrogen (secondary N) is 1. The second kappa shape index (κ2) is 12.0. The molecule has 0 aliphatic carbocycles. The fraction of sp³-hybridized carbons (Fsp3) is 0.115. The molecule has 1 aliphatic rings. The number of rotatable bonds is 8. The molecule has 1 fully saturated rings. The molecule has 1 N–H and O–H groups in total. The topological polar surface area (TPSA) is 84.9 Å². The van der Waals surface area contributed by atoms with E-state index >= 15 is 0 Å². The summed E-state index contributed by atoms with van der Waals surface area (Å²) in [7, 11) is 1.46. The molecule has 1 aliphatic heterocycles. The summed E-state index contributed by atoms with van der Waals surface area (Å²) in [5.74, 6) is -0.798. The second-order valence-corrected chi connectivity index (χ2v) is 10.3. The van der Waals surface area contributed by atoms with Gasteiger partial charge in [-0.2, -0.15) is 0 Å². The van der Waals surface area contributed by atoms with Gasteiger partial charge in [-0.3, -0.25) is 19.3 Å². The molecule has 0 atom stereocenters. The van der Waals surface area contributed by atoms with Gasteiger partial charge in [-0.15, -0.1) is 0 Å². The monoisotopic (exact) mass is 652 g/mol. The average molecular weight is 653 g/mol. The molecule has 1 saturated heterocycles. The number of halogens is 3. The Balaban J connectivity index is 1.49. The van der Waals surface area contributed by atoms with Crippen LogP contribution in [0.1, 0.15) is 11.1 Å². The van der Waals surface area contributed by atoms with E-state index in [9.17, 15) is 18.8 Å². The number of carbonyl (C=O) groups is 3. The molecular weight excluding hydrogens is 634 g/mol. The third kappa shape index (κ3) is 6.43. The maximum Gasteiger partial charge on any atom is 0.294 e. The van der Waals surface area contributed by atoms with Crippen molar-refractivity contribution in [2.24, 2.45) is 0 Å². The minimum absolute atomic E-state index is 0.110. The van der Waals surface area contributed by atoms with Crippen molar-refractivity contribution in [2.75, 3.05) is 19.0 Å². The van der Waals surface area contributed by atoms with Gasteiger partial charge in [0.05, 0.1) is 20.6 Å². The standard InChI is InChI=1S/C26H19ClFIN2O5S/c1-35-21-11-15(10-20(29)24(21)36-14-17-18(27)8-5-9-19(17)28)12-22-25(33)31(26(34)37-22)13-23(32)30-16-6-3-2-4-7-16/h2-12H,13-14H2,1H3,(H,30,32)/b22-12-. The number of hydrogen-bond donors (Lipinski definition) is 1. The van der Waals surface area contributed by atoms with Crippen LogP contribution in [-0.4, -0.2) is 35.6 Å². The Labute approximate surface area is 235 Å². The van der Waals surface area contributed by atoms with Gasteiger partial charge in [0.2, 0.25) is 5.91 Å². The van der Waals surface area contributed by atoms with Crippen LogP contribution < -0.4 is 14.8 Å². The molecule has 0 radical (unpaired) electrons. The van der Waals surface area contributed by atoms with E-state index in [2.05, 4.69) is 5.32 Å². The van der Waals surface area contributed by atoms with E-state index in [1.807, 2.05) is 28.7 Å². The van der Waals surface area contributed by atoms with Crippen LogP contribution in [0.4, 0.5) is 14.9 Å². The minimum Gasteiger partial charge on any atom is -0.493 e. The van der Waals surface area contributed by atoms with Crippen LogP contribution in [-0.2, 0) is 16.2 Å². The molecule has 190 valence electrons. The van der Waals surface area contributed by atoms with Crippen molar-refractivity contribution in [1.82, 2.24) is 4.90 Å². The number of methoxy groups -OCH3 is 1. The number of hydrogen-bond acceptors (Lipinski definition) is 6. The number of amides is 3. The lowest BCUT2D eigenvalue weighted by Crippen LogP contribution is -2.36. The number of benzene rings is 3. The molecule has 1 heterocycles. The number of para-hydroxylation sites is 1. The van der Waals surface area contributed by atoms with Crippen LogP contribution in [0.3, 0.4) is 0 Å². The molecule has 0 spiro atoms. The molecule has 7 nitrogen and oxygen atoms in total. The fourth-order valence-corrected chi connectivity index (χ4v) is 5.27. The predicted octanol–water partition coefficient (Wildman–Crippen LogP) is 6.35. The van der Waals surface area contributed by atoms with Crippen LogP contribution in [0.15, 0.2) is 65.6 Å². The zero-order valence-electron chi connectivity index (χ0n) is 19.3. The van der Waals surface area contributed by atoms with Gasteiger partial charge in [0.25, 0.3) is 11.1 Å². The fourth-order valence-electron chi connectivity index (χ4n) is 3.43. The summed E-state index contributed by atoms with van der Waals surface area (Å²) >= 11 is 8.87. The SMILES string of the molecule is COc1cc(/C=C2\SC(=O)N(CC(=O)Nc3ccccc3)C2=O)cc(I)c1OCc1c(F)cccc1Cl. The lowest BCUT2D eigenvalue weighted by molar-refractivity contribution is -0.127. The van der Waals surface area contributed by atoms with Gasteiger partial charge in [-0.25, -0.2) is 4.39 Å². The van der Waals surface area contributed by atoms with E-state index in [4.69, 9.17) is 21.1 Å². The number of thioether (sulfide) groups is 1. The number of nitrogens with zero attached hydrogens (tertiary/aromatic N) is 1. The Morgan fingerprint density at radius 2 is 1.92 bits per heavy atom. The van der Waals surface area contributed by atoms with Gasteiger partial charge in [0.1, 0.15) is 19.0 Å². The van der Waals surface area contributed by atoms with Crippen LogP contribution >= 0.6 is 46.0 Å². The molecule has 4 rings (SSSR count). The minimum atomic E-state index is -0.568. The van der Waals surface area contributed by atoms with Crippen LogP contribution in [0.2, 0.25) is 5.02 Å². The van der Waals surface area contributed by atoms with Crippen LogP contribution in [0.25, 0.3) is 6.08 Å². The lowest BCUT2D eigenvalue weighted by Gasteiger charge is -2.15. The largest absolute Gasteiger partial charge is 0.493 e. The quantitative estimate of drug-likeness (QED) is 0.226. The maximum atomic E-state index is 14.1. The van der Waals surface area contributed by atoms with Crippen molar-refractivity contribution in [3.63, 3.8) is 0 Å². The van der Waals surface area contributed by atoms with Gasteiger partial charge in [0.15, 0.2) is 11.5 Å². The van der Waals surface area contributed by atoms with E-state index in [1.54, 1.807) is 48.5 Å². The van der Waals surface area contributed by atoms with Gasteiger partial charge < -0.3 is 14.8 Å². The zero-order valence-corrected chi connectivity index (χ0v) is 23.0. The van der Waals surface area contributed by atoms with Crippen molar-refractivity contribution < 1.29 is 28.2 Å². The molecule has 3 amide bonds. The molecule has 3 aromatic rings. The van der Waals surface area contributed by atoms with Crippen LogP contribution in [0, 0.1) is 9.39 Å². The van der Waals surface area contributed by atoms with Gasteiger partial charge in [0, 0.05) is 11.3 Å². The second-order valence-electron chi connectivity index (χ2n) is 7.71. The third-order valence-corrected chi connectivity index (χ3v) is 7.27. The van der Waals surface area contributed by atoms with Crippen molar-refractivity contribution in [3.8, 4) is 11.5 Å². The summed E-state index contributed by atoms with van der Waals surface area (Å²) < 4.78 is 26.0. The summed E-state index contributed by atoms with van der Waals surface area (Å²) in [4.78, 5) is 38.7. The van der Waals surface area contributed by atoms with E-state index in [0.717, 1.165) is 16.7 Å². The molecule has 0 aromatic heterocycles. The normalized spacial score (nSPS) is 14.3. The smallest absolute Gasteiger partial charge is 0.294 e. The lowest BCUT2D eigenvalue weighted by atomic mass is 10.1. The van der Waals surface area contributed by atoms with Crippen molar-refractivity contribution in [2.45, 2.75) is 6.61 Å². The summed E-state index contributed by atoms with van der Waals surface area (Å²) in [6, 6.07) is 16.5. The molecule has 11 heteroatoms. The highest BCUT2D eigenvalue weighted by Crippen LogP contribution is 2.38. The Kier molecular flexibility index (Phi) is 8.72. The average Bonchev–Trinajstić information content (AvgIpc) is 3.12. The van der Waals surface area contributed by atoms with Crippen molar-refractivity contribution in [3.05, 3.63) is 91.1 Å². The molecule has 37 heavy (non-hydrogen) atoms. The molecule has 0 unspecified atom stereocenters. The first kappa shape index (κ1) is 27.0. The van der Waals surface area contributed by atoms with E-state index in [0.29, 0.717) is 26.3 Å². The predicted molar refractivity (Wildman–Crippen MR) is 149 cm³/mol. The van der Waals surface area contributed by atoms with Gasteiger partial charge in [-0.1, -0.05) is 35.9 Å². The van der Waals surface area contributed by atoms with E-state index < -0.39 is 29.4 Å². The Morgan fingerprint density at radius 1 is 1.16 bits per heavy atom. The highest BCUT2D eigenvalue weighted by molar-refractivity contribution is 14.1. The summed E-state index contributed by atoms with van der Waals surface area (Å²) in [6.45, 7) is -0.510. The summed E-state index contributed by atoms with van der Waals surface area (Å²) in [5, 5.41) is 2.37.